The standard InChI is InChI=1S/C13H24N4O/c1-5-7-8-18-13-11(14)12(15-9(3)4)16-10(6-2)17-13/h9H,5-8,14H2,1-4H3,(H,15,16,17). The van der Waals surface area contributed by atoms with Gasteiger partial charge in [-0.1, -0.05) is 20.3 Å². The Kier molecular flexibility index (Phi) is 5.68. The summed E-state index contributed by atoms with van der Waals surface area (Å²) in [6, 6.07) is 0.274. The van der Waals surface area contributed by atoms with Gasteiger partial charge in [0, 0.05) is 12.5 Å². The van der Waals surface area contributed by atoms with Crippen LogP contribution in [0.3, 0.4) is 0 Å². The summed E-state index contributed by atoms with van der Waals surface area (Å²) >= 11 is 0. The molecule has 5 nitrogen and oxygen atoms in total. The maximum absolute atomic E-state index is 6.02. The number of ether oxygens (including phenoxy) is 1. The first-order chi connectivity index (χ1) is 8.58. The van der Waals surface area contributed by atoms with E-state index in [0.717, 1.165) is 25.1 Å². The second-order valence-electron chi connectivity index (χ2n) is 4.56. The lowest BCUT2D eigenvalue weighted by Crippen LogP contribution is -2.15. The van der Waals surface area contributed by atoms with Crippen LogP contribution in [0.5, 0.6) is 5.88 Å². The Morgan fingerprint density at radius 1 is 1.28 bits per heavy atom. The SMILES string of the molecule is CCCCOc1nc(CC)nc(NC(C)C)c1N. The third-order valence-electron chi connectivity index (χ3n) is 2.44. The molecule has 0 fully saturated rings. The first kappa shape index (κ1) is 14.5. The van der Waals surface area contributed by atoms with Gasteiger partial charge < -0.3 is 15.8 Å². The van der Waals surface area contributed by atoms with Crippen molar-refractivity contribution in [3.8, 4) is 5.88 Å². The average molecular weight is 252 g/mol. The number of hydrogen-bond acceptors (Lipinski definition) is 5. The molecule has 1 aromatic rings. The predicted octanol–water partition coefficient (Wildman–Crippen LogP) is 2.62. The van der Waals surface area contributed by atoms with Gasteiger partial charge in [-0.2, -0.15) is 4.98 Å². The van der Waals surface area contributed by atoms with Gasteiger partial charge in [0.15, 0.2) is 5.82 Å². The number of unbranched alkanes of at least 4 members (excludes halogenated alkanes) is 1. The lowest BCUT2D eigenvalue weighted by Gasteiger charge is -2.15. The highest BCUT2D eigenvalue weighted by Crippen LogP contribution is 2.26. The lowest BCUT2D eigenvalue weighted by atomic mass is 10.3. The molecular formula is C13H24N4O. The van der Waals surface area contributed by atoms with Crippen molar-refractivity contribution in [3.63, 3.8) is 0 Å². The zero-order valence-electron chi connectivity index (χ0n) is 11.8. The van der Waals surface area contributed by atoms with Crippen molar-refractivity contribution in [2.75, 3.05) is 17.7 Å². The Morgan fingerprint density at radius 2 is 2.00 bits per heavy atom. The molecule has 0 saturated heterocycles. The molecule has 1 aromatic heterocycles. The minimum absolute atomic E-state index is 0.274. The van der Waals surface area contributed by atoms with Crippen molar-refractivity contribution in [1.82, 2.24) is 9.97 Å². The molecule has 5 heteroatoms. The summed E-state index contributed by atoms with van der Waals surface area (Å²) in [5.41, 5.74) is 6.52. The molecule has 0 aliphatic heterocycles. The molecule has 1 rings (SSSR count). The van der Waals surface area contributed by atoms with E-state index in [0.29, 0.717) is 24.0 Å². The Balaban J connectivity index is 2.93. The second kappa shape index (κ2) is 7.03. The summed E-state index contributed by atoms with van der Waals surface area (Å²) in [5, 5.41) is 3.22. The van der Waals surface area contributed by atoms with Crippen LogP contribution in [0.15, 0.2) is 0 Å². The molecule has 0 bridgehead atoms. The fraction of sp³-hybridized carbons (Fsp3) is 0.692. The third-order valence-corrected chi connectivity index (χ3v) is 2.44. The Labute approximate surface area is 109 Å². The van der Waals surface area contributed by atoms with Crippen LogP contribution in [0.1, 0.15) is 46.4 Å². The van der Waals surface area contributed by atoms with E-state index in [4.69, 9.17) is 10.5 Å². The first-order valence-electron chi connectivity index (χ1n) is 6.64. The van der Waals surface area contributed by atoms with Gasteiger partial charge in [0.25, 0.3) is 0 Å². The summed E-state index contributed by atoms with van der Waals surface area (Å²) in [7, 11) is 0. The fourth-order valence-corrected chi connectivity index (χ4v) is 1.46. The molecule has 0 unspecified atom stereocenters. The number of nitrogens with two attached hydrogens (primary N) is 1. The van der Waals surface area contributed by atoms with Crippen molar-refractivity contribution in [2.45, 2.75) is 53.0 Å². The van der Waals surface area contributed by atoms with E-state index in [2.05, 4.69) is 22.2 Å². The van der Waals surface area contributed by atoms with Crippen molar-refractivity contribution >= 4 is 11.5 Å². The molecule has 0 saturated carbocycles. The van der Waals surface area contributed by atoms with Crippen molar-refractivity contribution in [3.05, 3.63) is 5.82 Å². The Hall–Kier alpha value is -1.52. The van der Waals surface area contributed by atoms with Crippen LogP contribution in [-0.4, -0.2) is 22.6 Å². The first-order valence-corrected chi connectivity index (χ1v) is 6.64. The number of nitrogens with zero attached hydrogens (tertiary/aromatic N) is 2. The van der Waals surface area contributed by atoms with Crippen LogP contribution in [0, 0.1) is 0 Å². The van der Waals surface area contributed by atoms with Crippen molar-refractivity contribution in [1.29, 1.82) is 0 Å². The summed E-state index contributed by atoms with van der Waals surface area (Å²) < 4.78 is 5.63. The number of hydrogen-bond donors (Lipinski definition) is 2. The normalized spacial score (nSPS) is 10.7. The molecule has 0 radical (unpaired) electrons. The van der Waals surface area contributed by atoms with Gasteiger partial charge in [0.05, 0.1) is 6.61 Å². The maximum atomic E-state index is 6.02. The third kappa shape index (κ3) is 4.05. The largest absolute Gasteiger partial charge is 0.476 e. The van der Waals surface area contributed by atoms with E-state index >= 15 is 0 Å². The van der Waals surface area contributed by atoms with Crippen molar-refractivity contribution < 1.29 is 4.74 Å². The summed E-state index contributed by atoms with van der Waals surface area (Å²) in [6.45, 7) is 8.87. The van der Waals surface area contributed by atoms with Gasteiger partial charge in [-0.3, -0.25) is 0 Å². The molecule has 102 valence electrons. The highest BCUT2D eigenvalue weighted by atomic mass is 16.5. The van der Waals surface area contributed by atoms with Crippen LogP contribution in [0.25, 0.3) is 0 Å². The second-order valence-corrected chi connectivity index (χ2v) is 4.56. The zero-order chi connectivity index (χ0) is 13.5. The van der Waals surface area contributed by atoms with Crippen LogP contribution < -0.4 is 15.8 Å². The molecule has 0 spiro atoms. The number of rotatable bonds is 7. The monoisotopic (exact) mass is 252 g/mol. The summed E-state index contributed by atoms with van der Waals surface area (Å²) in [6.07, 6.45) is 2.85. The number of nitrogens with one attached hydrogen (secondary N) is 1. The summed E-state index contributed by atoms with van der Waals surface area (Å²) in [5.74, 6) is 1.92. The quantitative estimate of drug-likeness (QED) is 0.730. The lowest BCUT2D eigenvalue weighted by molar-refractivity contribution is 0.298. The van der Waals surface area contributed by atoms with Gasteiger partial charge in [0.1, 0.15) is 11.5 Å². The zero-order valence-corrected chi connectivity index (χ0v) is 11.8. The number of aryl methyl sites for hydroxylation is 1. The van der Waals surface area contributed by atoms with E-state index in [1.54, 1.807) is 0 Å². The van der Waals surface area contributed by atoms with Gasteiger partial charge in [0.2, 0.25) is 5.88 Å². The molecule has 18 heavy (non-hydrogen) atoms. The predicted molar refractivity (Wildman–Crippen MR) is 75.0 cm³/mol. The average Bonchev–Trinajstić information content (AvgIpc) is 2.33. The Morgan fingerprint density at radius 3 is 2.56 bits per heavy atom. The van der Waals surface area contributed by atoms with Gasteiger partial charge in [-0.25, -0.2) is 4.98 Å². The Bertz CT molecular complexity index is 379. The molecule has 0 aliphatic carbocycles. The van der Waals surface area contributed by atoms with Gasteiger partial charge in [-0.05, 0) is 20.3 Å². The maximum Gasteiger partial charge on any atom is 0.242 e. The van der Waals surface area contributed by atoms with E-state index in [-0.39, 0.29) is 6.04 Å². The summed E-state index contributed by atoms with van der Waals surface area (Å²) in [4.78, 5) is 8.72. The van der Waals surface area contributed by atoms with Crippen LogP contribution in [0.2, 0.25) is 0 Å². The molecule has 0 amide bonds. The minimum Gasteiger partial charge on any atom is -0.476 e. The topological polar surface area (TPSA) is 73.1 Å². The van der Waals surface area contributed by atoms with Gasteiger partial charge in [-0.15, -0.1) is 0 Å². The minimum atomic E-state index is 0.274. The highest BCUT2D eigenvalue weighted by molar-refractivity contribution is 5.67. The molecule has 3 N–H and O–H groups in total. The molecule has 0 aromatic carbocycles. The number of anilines is 2. The van der Waals surface area contributed by atoms with E-state index in [9.17, 15) is 0 Å². The van der Waals surface area contributed by atoms with E-state index in [1.165, 1.54) is 0 Å². The van der Waals surface area contributed by atoms with Crippen LogP contribution in [-0.2, 0) is 6.42 Å². The molecule has 1 heterocycles. The fourth-order valence-electron chi connectivity index (χ4n) is 1.46. The van der Waals surface area contributed by atoms with Crippen LogP contribution in [0.4, 0.5) is 11.5 Å². The molecule has 0 aliphatic rings. The smallest absolute Gasteiger partial charge is 0.242 e. The van der Waals surface area contributed by atoms with E-state index in [1.807, 2.05) is 20.8 Å². The van der Waals surface area contributed by atoms with Crippen LogP contribution >= 0.6 is 0 Å². The highest BCUT2D eigenvalue weighted by Gasteiger charge is 2.12. The number of aromatic nitrogens is 2. The molecule has 0 atom stereocenters. The van der Waals surface area contributed by atoms with E-state index < -0.39 is 0 Å². The van der Waals surface area contributed by atoms with Gasteiger partial charge >= 0.3 is 0 Å². The number of nitrogen functional groups attached to an aromatic ring is 1. The van der Waals surface area contributed by atoms with Crippen molar-refractivity contribution in [2.24, 2.45) is 0 Å². The molecular weight excluding hydrogens is 228 g/mol.